The highest BCUT2D eigenvalue weighted by atomic mass is 32.2. The van der Waals surface area contributed by atoms with Crippen LogP contribution in [-0.2, 0) is 14.3 Å². The second kappa shape index (κ2) is 8.88. The third-order valence-electron chi connectivity index (χ3n) is 4.55. The first-order valence-electron chi connectivity index (χ1n) is 8.75. The molecule has 2 aromatic rings. The minimum Gasteiger partial charge on any atom is -0.387 e. The Balaban J connectivity index is 1.87. The second-order valence-electron chi connectivity index (χ2n) is 6.46. The molecule has 0 radical (unpaired) electrons. The van der Waals surface area contributed by atoms with Crippen LogP contribution in [0.1, 0.15) is 30.6 Å². The molecule has 1 aliphatic rings. The van der Waals surface area contributed by atoms with Gasteiger partial charge in [0.2, 0.25) is 11.8 Å². The van der Waals surface area contributed by atoms with Crippen LogP contribution in [0.2, 0.25) is 0 Å². The maximum atomic E-state index is 11.9. The summed E-state index contributed by atoms with van der Waals surface area (Å²) in [5.41, 5.74) is 3.36. The van der Waals surface area contributed by atoms with Crippen molar-refractivity contribution >= 4 is 40.6 Å². The van der Waals surface area contributed by atoms with Gasteiger partial charge in [0.1, 0.15) is 6.61 Å². The van der Waals surface area contributed by atoms with Crippen molar-refractivity contribution in [2.24, 2.45) is 0 Å². The van der Waals surface area contributed by atoms with E-state index in [2.05, 4.69) is 11.4 Å². The molecule has 1 saturated heterocycles. The van der Waals surface area contributed by atoms with Crippen molar-refractivity contribution in [2.75, 3.05) is 17.7 Å². The van der Waals surface area contributed by atoms with Gasteiger partial charge in [-0.25, -0.2) is 5.48 Å². The molecule has 1 fully saturated rings. The molecule has 0 saturated carbocycles. The highest BCUT2D eigenvalue weighted by molar-refractivity contribution is 8.00. The maximum absolute atomic E-state index is 11.9. The summed E-state index contributed by atoms with van der Waals surface area (Å²) in [7, 11) is 0. The van der Waals surface area contributed by atoms with E-state index < -0.39 is 12.5 Å². The second-order valence-corrected chi connectivity index (χ2v) is 9.02. The van der Waals surface area contributed by atoms with Crippen molar-refractivity contribution in [3.05, 3.63) is 41.3 Å². The van der Waals surface area contributed by atoms with Crippen LogP contribution in [0.25, 0.3) is 10.4 Å². The fraction of sp³-hybridized carbons (Fsp3) is 0.368. The molecule has 1 aliphatic heterocycles. The molecule has 3 rings (SSSR count). The average Bonchev–Trinajstić information content (AvgIpc) is 3.20. The summed E-state index contributed by atoms with van der Waals surface area (Å²) in [6, 6.07) is 11.5. The van der Waals surface area contributed by atoms with Crippen LogP contribution in [0, 0.1) is 0 Å². The van der Waals surface area contributed by atoms with E-state index in [1.54, 1.807) is 34.6 Å². The van der Waals surface area contributed by atoms with Gasteiger partial charge in [-0.2, -0.15) is 0 Å². The summed E-state index contributed by atoms with van der Waals surface area (Å²) in [6.45, 7) is -0.556. The molecule has 2 heterocycles. The van der Waals surface area contributed by atoms with Gasteiger partial charge < -0.3 is 10.4 Å². The summed E-state index contributed by atoms with van der Waals surface area (Å²) < 4.78 is -0.309. The van der Waals surface area contributed by atoms with E-state index >= 15 is 0 Å². The number of benzene rings is 1. The zero-order valence-corrected chi connectivity index (χ0v) is 16.4. The third-order valence-corrected chi connectivity index (χ3v) is 7.64. The minimum atomic E-state index is -0.556. The van der Waals surface area contributed by atoms with Gasteiger partial charge in [-0.1, -0.05) is 18.6 Å². The van der Waals surface area contributed by atoms with E-state index in [0.29, 0.717) is 5.69 Å². The number of carbonyl (C=O) groups excluding carboxylic acids is 2. The number of carbonyl (C=O) groups is 2. The van der Waals surface area contributed by atoms with Gasteiger partial charge in [-0.05, 0) is 48.4 Å². The molecule has 0 unspecified atom stereocenters. The molecule has 0 bridgehead atoms. The molecular formula is C19H22N2O4S2. The molecule has 4 N–H and O–H groups in total. The van der Waals surface area contributed by atoms with Crippen LogP contribution < -0.4 is 10.8 Å². The fourth-order valence-corrected chi connectivity index (χ4v) is 6.15. The Hall–Kier alpha value is -1.87. The Kier molecular flexibility index (Phi) is 6.54. The van der Waals surface area contributed by atoms with Gasteiger partial charge in [-0.15, -0.1) is 23.1 Å². The van der Waals surface area contributed by atoms with Crippen molar-refractivity contribution in [3.63, 3.8) is 0 Å². The number of anilines is 1. The topological polar surface area (TPSA) is 98.7 Å². The Bertz CT molecular complexity index is 816. The first kappa shape index (κ1) is 19.9. The number of hydroxylamine groups is 1. The maximum Gasteiger partial charge on any atom is 0.250 e. The number of amides is 2. The lowest BCUT2D eigenvalue weighted by molar-refractivity contribution is -0.129. The SMILES string of the molecule is O=C(C[C@]1(c2ccc(-c3cccc(NC(=O)CO)c3)s2)CCCCS1)NO. The molecule has 1 aromatic carbocycles. The molecule has 1 atom stereocenters. The smallest absolute Gasteiger partial charge is 0.250 e. The molecule has 27 heavy (non-hydrogen) atoms. The van der Waals surface area contributed by atoms with Crippen LogP contribution in [0.3, 0.4) is 0 Å². The average molecular weight is 407 g/mol. The van der Waals surface area contributed by atoms with Gasteiger partial charge >= 0.3 is 0 Å². The van der Waals surface area contributed by atoms with Gasteiger partial charge in [0.25, 0.3) is 0 Å². The summed E-state index contributed by atoms with van der Waals surface area (Å²) >= 11 is 3.42. The number of nitrogens with one attached hydrogen (secondary N) is 2. The van der Waals surface area contributed by atoms with E-state index in [-0.39, 0.29) is 17.1 Å². The van der Waals surface area contributed by atoms with Crippen LogP contribution in [-0.4, -0.2) is 34.5 Å². The normalized spacial score (nSPS) is 19.5. The van der Waals surface area contributed by atoms with Gasteiger partial charge in [-0.3, -0.25) is 14.8 Å². The molecule has 2 amide bonds. The van der Waals surface area contributed by atoms with E-state index in [1.807, 2.05) is 24.3 Å². The van der Waals surface area contributed by atoms with Crippen molar-refractivity contribution in [2.45, 2.75) is 30.4 Å². The highest BCUT2D eigenvalue weighted by Gasteiger charge is 2.38. The standard InChI is InChI=1S/C19H22N2O4S2/c22-12-18(24)20-14-5-3-4-13(10-14)15-6-7-16(27-15)19(11-17(23)21-25)8-1-2-9-26-19/h3-7,10,22,25H,1-2,8-9,11-12H2,(H,20,24)(H,21,23)/t19-/m0/s1. The minimum absolute atomic E-state index is 0.251. The Morgan fingerprint density at radius 2 is 2.00 bits per heavy atom. The number of rotatable bonds is 6. The van der Waals surface area contributed by atoms with E-state index in [9.17, 15) is 9.59 Å². The predicted octanol–water partition coefficient (Wildman–Crippen LogP) is 3.35. The number of aliphatic hydroxyl groups excluding tert-OH is 1. The van der Waals surface area contributed by atoms with Crippen molar-refractivity contribution in [1.82, 2.24) is 5.48 Å². The van der Waals surface area contributed by atoms with Crippen LogP contribution in [0.15, 0.2) is 36.4 Å². The zero-order chi connectivity index (χ0) is 19.3. The number of hydrogen-bond acceptors (Lipinski definition) is 6. The number of thioether (sulfide) groups is 1. The van der Waals surface area contributed by atoms with E-state index in [4.69, 9.17) is 10.3 Å². The molecule has 8 heteroatoms. The van der Waals surface area contributed by atoms with Crippen molar-refractivity contribution in [1.29, 1.82) is 0 Å². The fourth-order valence-electron chi connectivity index (χ4n) is 3.26. The lowest BCUT2D eigenvalue weighted by Crippen LogP contribution is -2.32. The molecule has 6 nitrogen and oxygen atoms in total. The largest absolute Gasteiger partial charge is 0.387 e. The Morgan fingerprint density at radius 1 is 1.15 bits per heavy atom. The quantitative estimate of drug-likeness (QED) is 0.436. The molecule has 144 valence electrons. The number of thiophene rings is 1. The molecule has 0 aliphatic carbocycles. The zero-order valence-electron chi connectivity index (χ0n) is 14.7. The van der Waals surface area contributed by atoms with Gasteiger partial charge in [0, 0.05) is 21.9 Å². The lowest BCUT2D eigenvalue weighted by Gasteiger charge is -2.35. The first-order valence-corrected chi connectivity index (χ1v) is 10.5. The summed E-state index contributed by atoms with van der Waals surface area (Å²) in [6.07, 6.45) is 3.35. The van der Waals surface area contributed by atoms with Crippen molar-refractivity contribution in [3.8, 4) is 10.4 Å². The van der Waals surface area contributed by atoms with Crippen molar-refractivity contribution < 1.29 is 19.9 Å². The summed E-state index contributed by atoms with van der Waals surface area (Å²) in [5, 5.41) is 20.5. The lowest BCUT2D eigenvalue weighted by atomic mass is 9.94. The highest BCUT2D eigenvalue weighted by Crippen LogP contribution is 2.50. The third kappa shape index (κ3) is 4.70. The molecule has 0 spiro atoms. The van der Waals surface area contributed by atoms with Crippen LogP contribution in [0.5, 0.6) is 0 Å². The summed E-state index contributed by atoms with van der Waals surface area (Å²) in [4.78, 5) is 25.4. The molecule has 1 aromatic heterocycles. The molecular weight excluding hydrogens is 384 g/mol. The van der Waals surface area contributed by atoms with Gasteiger partial charge in [0.05, 0.1) is 4.75 Å². The Morgan fingerprint density at radius 3 is 2.70 bits per heavy atom. The Labute approximate surface area is 165 Å². The van der Waals surface area contributed by atoms with Gasteiger partial charge in [0.15, 0.2) is 0 Å². The van der Waals surface area contributed by atoms with Crippen LogP contribution in [0.4, 0.5) is 5.69 Å². The van der Waals surface area contributed by atoms with E-state index in [1.165, 1.54) is 0 Å². The monoisotopic (exact) mass is 406 g/mol. The van der Waals surface area contributed by atoms with E-state index in [0.717, 1.165) is 40.3 Å². The predicted molar refractivity (Wildman–Crippen MR) is 108 cm³/mol. The summed E-state index contributed by atoms with van der Waals surface area (Å²) in [5.74, 6) is 0.175. The first-order chi connectivity index (χ1) is 13.1. The number of hydrogen-bond donors (Lipinski definition) is 4. The number of aliphatic hydroxyl groups is 1. The van der Waals surface area contributed by atoms with Crippen LogP contribution >= 0.6 is 23.1 Å².